The van der Waals surface area contributed by atoms with Gasteiger partial charge in [-0.1, -0.05) is 59.5 Å². The minimum absolute atomic E-state index is 0.00234. The zero-order chi connectivity index (χ0) is 25.4. The lowest BCUT2D eigenvalue weighted by Crippen LogP contribution is -2.48. The van der Waals surface area contributed by atoms with Crippen molar-refractivity contribution >= 4 is 97.0 Å². The van der Waals surface area contributed by atoms with E-state index in [0.29, 0.717) is 22.3 Å². The molecule has 0 aliphatic carbocycles. The molecule has 3 nitrogen and oxygen atoms in total. The van der Waals surface area contributed by atoms with Crippen LogP contribution in [0.4, 0.5) is 0 Å². The molecule has 0 amide bonds. The molecule has 0 spiro atoms. The molecule has 164 valence electrons. The van der Waals surface area contributed by atoms with Gasteiger partial charge in [-0.3, -0.25) is 0 Å². The molecular formula is C30H15B4NO2. The van der Waals surface area contributed by atoms with Crippen LogP contribution in [0.3, 0.4) is 0 Å². The average molecular weight is 465 g/mol. The van der Waals surface area contributed by atoms with Gasteiger partial charge in [-0.2, -0.15) is 0 Å². The second-order valence-electron chi connectivity index (χ2n) is 9.21. The molecule has 0 atom stereocenters. The summed E-state index contributed by atoms with van der Waals surface area (Å²) >= 11 is 0. The summed E-state index contributed by atoms with van der Waals surface area (Å²) < 4.78 is 8.45. The number of nitrogens with zero attached hydrogens (tertiary/aromatic N) is 1. The van der Waals surface area contributed by atoms with Crippen LogP contribution in [0.15, 0.2) is 89.3 Å². The van der Waals surface area contributed by atoms with Crippen LogP contribution in [0.2, 0.25) is 0 Å². The van der Waals surface area contributed by atoms with Crippen molar-refractivity contribution in [1.82, 2.24) is 4.57 Å². The Balaban J connectivity index is 1.58. The number of fused-ring (bicyclic) bond motifs is 6. The highest BCUT2D eigenvalue weighted by Gasteiger charge is 2.20. The topological polar surface area (TPSA) is 38.3 Å². The molecule has 7 rings (SSSR count). The maximum atomic E-state index is 11.0. The maximum Gasteiger partial charge on any atom is 0.136 e. The lowest BCUT2D eigenvalue weighted by molar-refractivity contribution is 0.482. The van der Waals surface area contributed by atoms with Gasteiger partial charge in [0.05, 0.1) is 11.0 Å². The summed E-state index contributed by atoms with van der Waals surface area (Å²) in [6, 6.07) is 28.4. The van der Waals surface area contributed by atoms with E-state index < -0.39 is 0 Å². The van der Waals surface area contributed by atoms with Gasteiger partial charge in [0.2, 0.25) is 0 Å². The summed E-state index contributed by atoms with van der Waals surface area (Å²) in [5, 5.41) is 15.0. The van der Waals surface area contributed by atoms with E-state index in [1.807, 2.05) is 42.5 Å². The third-order valence-corrected chi connectivity index (χ3v) is 7.22. The molecule has 0 aliphatic rings. The summed E-state index contributed by atoms with van der Waals surface area (Å²) in [6.45, 7) is 0. The molecule has 7 aromatic rings. The lowest BCUT2D eigenvalue weighted by Gasteiger charge is -2.19. The Morgan fingerprint density at radius 2 is 1.24 bits per heavy atom. The summed E-state index contributed by atoms with van der Waals surface area (Å²) in [5.74, 6) is -0.204. The first-order chi connectivity index (χ1) is 18.0. The van der Waals surface area contributed by atoms with Gasteiger partial charge >= 0.3 is 0 Å². The monoisotopic (exact) mass is 465 g/mol. The van der Waals surface area contributed by atoms with Crippen LogP contribution in [0.25, 0.3) is 60.6 Å². The summed E-state index contributed by atoms with van der Waals surface area (Å²) in [5.41, 5.74) is 5.93. The molecule has 2 aromatic heterocycles. The summed E-state index contributed by atoms with van der Waals surface area (Å²) in [7, 11) is 24.6. The first-order valence-corrected chi connectivity index (χ1v) is 11.8. The van der Waals surface area contributed by atoms with Crippen LogP contribution in [-0.2, 0) is 0 Å². The van der Waals surface area contributed by atoms with Crippen LogP contribution >= 0.6 is 0 Å². The zero-order valence-electron chi connectivity index (χ0n) is 19.7. The highest BCUT2D eigenvalue weighted by Crippen LogP contribution is 2.40. The number of aromatic hydroxyl groups is 1. The molecule has 0 aliphatic heterocycles. The molecule has 5 aromatic carbocycles. The fourth-order valence-corrected chi connectivity index (χ4v) is 5.45. The van der Waals surface area contributed by atoms with Gasteiger partial charge in [-0.25, -0.2) is 0 Å². The molecule has 0 fully saturated rings. The quantitative estimate of drug-likeness (QED) is 0.399. The Morgan fingerprint density at radius 3 is 1.95 bits per heavy atom. The number of rotatable bonds is 2. The smallest absolute Gasteiger partial charge is 0.136 e. The van der Waals surface area contributed by atoms with Crippen molar-refractivity contribution in [3.63, 3.8) is 0 Å². The van der Waals surface area contributed by atoms with Gasteiger partial charge in [0.1, 0.15) is 48.3 Å². The Labute approximate surface area is 218 Å². The van der Waals surface area contributed by atoms with Crippen molar-refractivity contribution in [2.24, 2.45) is 0 Å². The third kappa shape index (κ3) is 3.00. The van der Waals surface area contributed by atoms with E-state index >= 15 is 0 Å². The fraction of sp³-hybridized carbons (Fsp3) is 0. The summed E-state index contributed by atoms with van der Waals surface area (Å²) in [6.07, 6.45) is 0. The van der Waals surface area contributed by atoms with E-state index in [4.69, 9.17) is 35.8 Å². The number of aromatic nitrogens is 1. The van der Waals surface area contributed by atoms with Crippen LogP contribution in [0, 0.1) is 0 Å². The highest BCUT2D eigenvalue weighted by molar-refractivity contribution is 6.64. The standard InChI is InChI=1S/C30H15B4NO2/c31-26-25(30(36)29(34)28(33)27(26)32)18-8-5-11-23-24(18)19-14-15(12-13-22(19)37-23)35-20-9-3-1-6-16(20)17-7-2-4-10-21(17)35/h1-14,36H. The lowest BCUT2D eigenvalue weighted by atomic mass is 9.64. The van der Waals surface area contributed by atoms with Gasteiger partial charge in [-0.05, 0) is 42.0 Å². The van der Waals surface area contributed by atoms with Crippen LogP contribution in [-0.4, -0.2) is 41.1 Å². The number of phenolic OH excluding ortho intramolecular Hbond substituents is 1. The molecule has 8 radical (unpaired) electrons. The Kier molecular flexibility index (Phi) is 4.68. The predicted octanol–water partition coefficient (Wildman–Crippen LogP) is 3.23. The van der Waals surface area contributed by atoms with Gasteiger partial charge < -0.3 is 14.1 Å². The van der Waals surface area contributed by atoms with Crippen molar-refractivity contribution in [2.75, 3.05) is 0 Å². The number of hydrogen-bond donors (Lipinski definition) is 1. The zero-order valence-corrected chi connectivity index (χ0v) is 19.7. The first kappa shape index (κ1) is 22.0. The first-order valence-electron chi connectivity index (χ1n) is 11.8. The number of furan rings is 1. The van der Waals surface area contributed by atoms with Crippen LogP contribution in [0.5, 0.6) is 5.75 Å². The van der Waals surface area contributed by atoms with E-state index in [9.17, 15) is 5.11 Å². The van der Waals surface area contributed by atoms with E-state index in [-0.39, 0.29) is 27.6 Å². The predicted molar refractivity (Wildman–Crippen MR) is 157 cm³/mol. The molecule has 0 bridgehead atoms. The van der Waals surface area contributed by atoms with Crippen LogP contribution in [0.1, 0.15) is 0 Å². The highest BCUT2D eigenvalue weighted by atomic mass is 16.3. The van der Waals surface area contributed by atoms with Crippen molar-refractivity contribution < 1.29 is 9.52 Å². The summed E-state index contributed by atoms with van der Waals surface area (Å²) in [4.78, 5) is 0. The normalized spacial score (nSPS) is 11.8. The maximum absolute atomic E-state index is 11.0. The van der Waals surface area contributed by atoms with Gasteiger partial charge in [0, 0.05) is 32.8 Å². The number of para-hydroxylation sites is 2. The third-order valence-electron chi connectivity index (χ3n) is 7.22. The second kappa shape index (κ2) is 7.88. The molecule has 37 heavy (non-hydrogen) atoms. The van der Waals surface area contributed by atoms with Crippen molar-refractivity contribution in [2.45, 2.75) is 0 Å². The largest absolute Gasteiger partial charge is 0.508 e. The molecule has 0 saturated heterocycles. The van der Waals surface area contributed by atoms with Crippen molar-refractivity contribution in [3.05, 3.63) is 84.9 Å². The molecule has 0 saturated carbocycles. The van der Waals surface area contributed by atoms with E-state index in [1.165, 1.54) is 10.8 Å². The average Bonchev–Trinajstić information content (AvgIpc) is 3.46. The van der Waals surface area contributed by atoms with E-state index in [1.54, 1.807) is 0 Å². The van der Waals surface area contributed by atoms with Crippen LogP contribution < -0.4 is 21.9 Å². The number of phenols is 1. The van der Waals surface area contributed by atoms with Gasteiger partial charge in [0.25, 0.3) is 0 Å². The van der Waals surface area contributed by atoms with Gasteiger partial charge in [0.15, 0.2) is 0 Å². The SMILES string of the molecule is [B]c1c([B])c([B])c(-c2cccc3oc4ccc(-n5c6ccccc6c6ccccc65)cc4c23)c(O)c1[B]. The fourth-order valence-electron chi connectivity index (χ4n) is 5.45. The van der Waals surface area contributed by atoms with Crippen molar-refractivity contribution in [3.8, 4) is 22.6 Å². The number of benzene rings is 5. The Morgan fingerprint density at radius 1 is 0.595 bits per heavy atom. The molecule has 0 unspecified atom stereocenters. The molecule has 2 heterocycles. The Hall–Kier alpha value is -4.24. The van der Waals surface area contributed by atoms with Gasteiger partial charge in [-0.15, -0.1) is 10.9 Å². The molecule has 1 N–H and O–H groups in total. The van der Waals surface area contributed by atoms with Crippen molar-refractivity contribution in [1.29, 1.82) is 0 Å². The van der Waals surface area contributed by atoms with E-state index in [2.05, 4.69) is 47.0 Å². The molecular weight excluding hydrogens is 450 g/mol. The molecule has 7 heteroatoms. The Bertz CT molecular complexity index is 1970. The second-order valence-corrected chi connectivity index (χ2v) is 9.21. The van der Waals surface area contributed by atoms with E-state index in [0.717, 1.165) is 27.5 Å². The number of hydrogen-bond acceptors (Lipinski definition) is 2. The minimum atomic E-state index is -0.204. The minimum Gasteiger partial charge on any atom is -0.508 e.